The molecule has 0 bridgehead atoms. The minimum Gasteiger partial charge on any atom is -0.604 e. The van der Waals surface area contributed by atoms with E-state index in [-0.39, 0.29) is 15.7 Å². The van der Waals surface area contributed by atoms with Crippen molar-refractivity contribution in [3.05, 3.63) is 39.7 Å². The minimum atomic E-state index is -3.91. The molecule has 1 atom stereocenters. The van der Waals surface area contributed by atoms with E-state index >= 15 is 0 Å². The third-order valence-electron chi connectivity index (χ3n) is 2.20. The number of halogens is 6. The molecule has 3 nitrogen and oxygen atoms in total. The number of rotatable bonds is 3. The van der Waals surface area contributed by atoms with Crippen LogP contribution in [0.25, 0.3) is 5.69 Å². The molecule has 10 heteroatoms. The fraction of sp³-hybridized carbons (Fsp3) is 0.100. The molecule has 0 N–H and O–H groups in total. The predicted molar refractivity (Wildman–Crippen MR) is 75.8 cm³/mol. The second kappa shape index (κ2) is 5.87. The summed E-state index contributed by atoms with van der Waals surface area (Å²) in [6.45, 7) is 0. The minimum absolute atomic E-state index is 0.190. The topological polar surface area (TPSA) is 40.9 Å². The van der Waals surface area contributed by atoms with Crippen molar-refractivity contribution in [3.63, 3.8) is 0 Å². The highest BCUT2D eigenvalue weighted by atomic mass is 35.5. The lowest BCUT2D eigenvalue weighted by Gasteiger charge is -2.11. The first-order valence-electron chi connectivity index (χ1n) is 4.87. The van der Waals surface area contributed by atoms with E-state index in [1.54, 1.807) is 0 Å². The molecule has 1 unspecified atom stereocenters. The number of alkyl halides is 3. The molecule has 2 rings (SSSR count). The van der Waals surface area contributed by atoms with Crippen LogP contribution in [0, 0.1) is 0 Å². The predicted octanol–water partition coefficient (Wildman–Crippen LogP) is 4.73. The molecular formula is C10H4Cl4F2N2OS. The van der Waals surface area contributed by atoms with Crippen molar-refractivity contribution >= 4 is 57.6 Å². The molecule has 1 aromatic heterocycles. The van der Waals surface area contributed by atoms with Crippen LogP contribution in [0.4, 0.5) is 8.78 Å². The molecule has 0 aliphatic rings. The van der Waals surface area contributed by atoms with Crippen LogP contribution in [0.5, 0.6) is 0 Å². The summed E-state index contributed by atoms with van der Waals surface area (Å²) in [5.41, 5.74) is 0.284. The van der Waals surface area contributed by atoms with Gasteiger partial charge in [0.05, 0.1) is 33.1 Å². The molecule has 0 saturated carbocycles. The molecule has 0 spiro atoms. The zero-order valence-electron chi connectivity index (χ0n) is 9.29. The summed E-state index contributed by atoms with van der Waals surface area (Å²) in [5.74, 6) is 0. The maximum atomic E-state index is 12.8. The molecular weight excluding hydrogens is 376 g/mol. The monoisotopic (exact) mass is 378 g/mol. The van der Waals surface area contributed by atoms with Gasteiger partial charge >= 0.3 is 4.71 Å². The molecule has 0 aliphatic heterocycles. The molecule has 0 saturated heterocycles. The highest BCUT2D eigenvalue weighted by Gasteiger charge is 2.44. The average Bonchev–Trinajstić information content (AvgIpc) is 2.74. The van der Waals surface area contributed by atoms with Crippen molar-refractivity contribution in [1.29, 1.82) is 0 Å². The Morgan fingerprint density at radius 3 is 2.25 bits per heavy atom. The molecule has 0 radical (unpaired) electrons. The second-order valence-electron chi connectivity index (χ2n) is 3.55. The molecule has 0 amide bonds. The van der Waals surface area contributed by atoms with E-state index in [0.717, 1.165) is 12.5 Å². The van der Waals surface area contributed by atoms with E-state index in [1.165, 1.54) is 16.7 Å². The molecule has 1 aromatic carbocycles. The number of benzene rings is 1. The van der Waals surface area contributed by atoms with Crippen LogP contribution >= 0.6 is 46.4 Å². The Morgan fingerprint density at radius 1 is 1.20 bits per heavy atom. The molecule has 0 aliphatic carbocycles. The van der Waals surface area contributed by atoms with Crippen LogP contribution in [-0.4, -0.2) is 18.8 Å². The van der Waals surface area contributed by atoms with Gasteiger partial charge in [-0.25, -0.2) is 0 Å². The van der Waals surface area contributed by atoms with E-state index < -0.39 is 20.9 Å². The fourth-order valence-electron chi connectivity index (χ4n) is 1.42. The summed E-state index contributed by atoms with van der Waals surface area (Å²) < 4.78 is 34.3. The summed E-state index contributed by atoms with van der Waals surface area (Å²) in [6, 6.07) is 2.86. The van der Waals surface area contributed by atoms with Gasteiger partial charge in [-0.1, -0.05) is 34.8 Å². The first-order valence-corrected chi connectivity index (χ1v) is 7.54. The Labute approximate surface area is 135 Å². The van der Waals surface area contributed by atoms with Gasteiger partial charge in [0.1, 0.15) is 6.33 Å². The van der Waals surface area contributed by atoms with Gasteiger partial charge in [-0.15, -0.1) is 8.78 Å². The van der Waals surface area contributed by atoms with E-state index in [4.69, 9.17) is 46.4 Å². The third-order valence-corrected chi connectivity index (χ3v) is 4.42. The number of aromatic nitrogens is 2. The smallest absolute Gasteiger partial charge is 0.498 e. The normalized spacial score (nSPS) is 13.6. The molecule has 1 heterocycles. The summed E-state index contributed by atoms with van der Waals surface area (Å²) in [7, 11) is 0. The zero-order chi connectivity index (χ0) is 15.1. The zero-order valence-corrected chi connectivity index (χ0v) is 13.1. The lowest BCUT2D eigenvalue weighted by molar-refractivity contribution is 0.186. The average molecular weight is 380 g/mol. The van der Waals surface area contributed by atoms with Crippen LogP contribution in [0.15, 0.2) is 29.7 Å². The lowest BCUT2D eigenvalue weighted by atomic mass is 10.3. The van der Waals surface area contributed by atoms with Gasteiger partial charge in [0.25, 0.3) is 5.03 Å². The van der Waals surface area contributed by atoms with Crippen molar-refractivity contribution in [2.45, 2.75) is 9.74 Å². The Bertz CT molecular complexity index is 623. The second-order valence-corrected chi connectivity index (χ2v) is 6.97. The van der Waals surface area contributed by atoms with E-state index in [1.807, 2.05) is 0 Å². The SMILES string of the molecule is [O-][S+](c1cn(-c2c(Cl)cc(Cl)cc2Cl)cn1)C(F)(F)Cl. The molecule has 0 fully saturated rings. The van der Waals surface area contributed by atoms with Crippen molar-refractivity contribution in [2.75, 3.05) is 0 Å². The van der Waals surface area contributed by atoms with Gasteiger partial charge < -0.3 is 4.55 Å². The summed E-state index contributed by atoms with van der Waals surface area (Å²) in [6.07, 6.45) is 2.25. The highest BCUT2D eigenvalue weighted by molar-refractivity contribution is 7.93. The maximum Gasteiger partial charge on any atom is 0.498 e. The molecule has 2 aromatic rings. The standard InChI is InChI=1S/C10H4Cl4F2N2OS/c11-5-1-6(12)9(7(13)2-5)18-3-8(17-4-18)20(19)10(14,15)16/h1-4H. The van der Waals surface area contributed by atoms with Crippen LogP contribution in [0.2, 0.25) is 15.1 Å². The van der Waals surface area contributed by atoms with Crippen molar-refractivity contribution < 1.29 is 13.3 Å². The van der Waals surface area contributed by atoms with Gasteiger partial charge in [0.2, 0.25) is 0 Å². The number of imidazole rings is 1. The largest absolute Gasteiger partial charge is 0.604 e. The summed E-state index contributed by atoms with van der Waals surface area (Å²) in [4.78, 5) is 3.61. The summed E-state index contributed by atoms with van der Waals surface area (Å²) >= 11 is 19.6. The highest BCUT2D eigenvalue weighted by Crippen LogP contribution is 2.35. The molecule has 20 heavy (non-hydrogen) atoms. The Kier molecular flexibility index (Phi) is 4.73. The van der Waals surface area contributed by atoms with Crippen molar-refractivity contribution in [1.82, 2.24) is 9.55 Å². The van der Waals surface area contributed by atoms with Crippen LogP contribution in [0.3, 0.4) is 0 Å². The van der Waals surface area contributed by atoms with E-state index in [2.05, 4.69) is 4.98 Å². The third kappa shape index (κ3) is 3.32. The van der Waals surface area contributed by atoms with Gasteiger partial charge in [0.15, 0.2) is 0 Å². The van der Waals surface area contributed by atoms with Gasteiger partial charge in [0, 0.05) is 16.6 Å². The number of hydrogen-bond acceptors (Lipinski definition) is 2. The van der Waals surface area contributed by atoms with Crippen LogP contribution in [0.1, 0.15) is 0 Å². The van der Waals surface area contributed by atoms with Crippen molar-refractivity contribution in [3.8, 4) is 5.69 Å². The Hall–Kier alpha value is -0.240. The Morgan fingerprint density at radius 2 is 1.75 bits per heavy atom. The first-order chi connectivity index (χ1) is 9.20. The Balaban J connectivity index is 2.44. The fourth-order valence-corrected chi connectivity index (χ4v) is 3.26. The lowest BCUT2D eigenvalue weighted by Crippen LogP contribution is -2.22. The number of hydrogen-bond donors (Lipinski definition) is 0. The van der Waals surface area contributed by atoms with Gasteiger partial charge in [-0.2, -0.15) is 4.98 Å². The quantitative estimate of drug-likeness (QED) is 0.571. The van der Waals surface area contributed by atoms with Gasteiger partial charge in [-0.3, -0.25) is 4.57 Å². The van der Waals surface area contributed by atoms with Crippen molar-refractivity contribution in [2.24, 2.45) is 0 Å². The van der Waals surface area contributed by atoms with E-state index in [0.29, 0.717) is 5.02 Å². The number of nitrogens with zero attached hydrogens (tertiary/aromatic N) is 2. The van der Waals surface area contributed by atoms with E-state index in [9.17, 15) is 13.3 Å². The first kappa shape index (κ1) is 16.1. The van der Waals surface area contributed by atoms with Crippen LogP contribution < -0.4 is 0 Å². The van der Waals surface area contributed by atoms with Gasteiger partial charge in [-0.05, 0) is 12.1 Å². The molecule has 108 valence electrons. The summed E-state index contributed by atoms with van der Waals surface area (Å²) in [5, 5.41) is 0.303. The van der Waals surface area contributed by atoms with Crippen LogP contribution in [-0.2, 0) is 11.2 Å². The maximum absolute atomic E-state index is 12.8.